The molecule has 0 aromatic carbocycles. The molecule has 0 spiro atoms. The van der Waals surface area contributed by atoms with Crippen molar-refractivity contribution < 1.29 is 15.0 Å². The Morgan fingerprint density at radius 2 is 2.27 bits per heavy atom. The van der Waals surface area contributed by atoms with Crippen molar-refractivity contribution in [3.8, 4) is 6.07 Å². The van der Waals surface area contributed by atoms with E-state index in [2.05, 4.69) is 0 Å². The fourth-order valence-electron chi connectivity index (χ4n) is 1.07. The van der Waals surface area contributed by atoms with E-state index in [9.17, 15) is 4.79 Å². The van der Waals surface area contributed by atoms with Crippen molar-refractivity contribution in [3.05, 3.63) is 0 Å². The van der Waals surface area contributed by atoms with E-state index in [1.165, 1.54) is 0 Å². The number of amides is 1. The highest BCUT2D eigenvalue weighted by Gasteiger charge is 2.33. The number of β-amino-alcohol motifs (C(OH)–C–C–N with tert-alkyl or cyclic N) is 1. The predicted molar refractivity (Wildman–Crippen MR) is 34.7 cm³/mol. The van der Waals surface area contributed by atoms with Gasteiger partial charge in [-0.3, -0.25) is 0 Å². The third-order valence-electron chi connectivity index (χ3n) is 1.73. The van der Waals surface area contributed by atoms with Gasteiger partial charge in [0, 0.05) is 6.54 Å². The van der Waals surface area contributed by atoms with Crippen molar-refractivity contribution in [2.24, 2.45) is 5.92 Å². The van der Waals surface area contributed by atoms with E-state index in [4.69, 9.17) is 15.5 Å². The van der Waals surface area contributed by atoms with Gasteiger partial charge in [0.2, 0.25) is 0 Å². The third-order valence-corrected chi connectivity index (χ3v) is 1.73. The second kappa shape index (κ2) is 2.76. The molecule has 5 nitrogen and oxygen atoms in total. The molecule has 11 heavy (non-hydrogen) atoms. The number of carboxylic acid groups (broad SMARTS) is 1. The number of nitrogens with zero attached hydrogens (tertiary/aromatic N) is 2. The van der Waals surface area contributed by atoms with Crippen molar-refractivity contribution in [3.63, 3.8) is 0 Å². The summed E-state index contributed by atoms with van der Waals surface area (Å²) in [5, 5.41) is 25.9. The average Bonchev–Trinajstić information content (AvgIpc) is 2.31. The number of rotatable bonds is 0. The van der Waals surface area contributed by atoms with Crippen molar-refractivity contribution in [2.75, 3.05) is 13.1 Å². The summed E-state index contributed by atoms with van der Waals surface area (Å²) in [7, 11) is 0. The molecule has 1 heterocycles. The van der Waals surface area contributed by atoms with Gasteiger partial charge in [0.15, 0.2) is 0 Å². The second-order valence-electron chi connectivity index (χ2n) is 2.49. The smallest absolute Gasteiger partial charge is 0.407 e. The van der Waals surface area contributed by atoms with Crippen molar-refractivity contribution >= 4 is 6.09 Å². The summed E-state index contributed by atoms with van der Waals surface area (Å²) in [6, 6.07) is 1.84. The Balaban J connectivity index is 2.58. The van der Waals surface area contributed by atoms with Crippen LogP contribution in [0.25, 0.3) is 0 Å². The Hall–Kier alpha value is -1.28. The van der Waals surface area contributed by atoms with E-state index >= 15 is 0 Å². The number of aliphatic hydroxyl groups is 1. The molecule has 1 aliphatic heterocycles. The zero-order chi connectivity index (χ0) is 8.43. The summed E-state index contributed by atoms with van der Waals surface area (Å²) < 4.78 is 0. The first-order valence-corrected chi connectivity index (χ1v) is 3.20. The van der Waals surface area contributed by atoms with E-state index in [-0.39, 0.29) is 13.1 Å². The van der Waals surface area contributed by atoms with Crippen molar-refractivity contribution in [1.29, 1.82) is 5.26 Å². The number of hydrogen-bond donors (Lipinski definition) is 2. The summed E-state index contributed by atoms with van der Waals surface area (Å²) in [5.41, 5.74) is 0. The molecule has 0 radical (unpaired) electrons. The molecule has 5 heteroatoms. The maximum absolute atomic E-state index is 10.3. The van der Waals surface area contributed by atoms with Gasteiger partial charge < -0.3 is 15.1 Å². The zero-order valence-corrected chi connectivity index (χ0v) is 5.77. The van der Waals surface area contributed by atoms with Gasteiger partial charge in [0.25, 0.3) is 0 Å². The van der Waals surface area contributed by atoms with E-state index in [1.54, 1.807) is 0 Å². The van der Waals surface area contributed by atoms with Crippen molar-refractivity contribution in [1.82, 2.24) is 4.90 Å². The van der Waals surface area contributed by atoms with Crippen LogP contribution < -0.4 is 0 Å². The minimum Gasteiger partial charge on any atom is -0.465 e. The van der Waals surface area contributed by atoms with Crippen LogP contribution in [0.1, 0.15) is 0 Å². The highest BCUT2D eigenvalue weighted by Crippen LogP contribution is 2.15. The molecule has 1 fully saturated rings. The van der Waals surface area contributed by atoms with Crippen LogP contribution in [-0.2, 0) is 0 Å². The highest BCUT2D eigenvalue weighted by atomic mass is 16.4. The highest BCUT2D eigenvalue weighted by molar-refractivity contribution is 5.65. The molecule has 0 saturated carbocycles. The van der Waals surface area contributed by atoms with E-state index in [0.717, 1.165) is 4.90 Å². The summed E-state index contributed by atoms with van der Waals surface area (Å²) in [6.45, 7) is 0.167. The quantitative estimate of drug-likeness (QED) is 0.494. The molecule has 2 N–H and O–H groups in total. The fourth-order valence-corrected chi connectivity index (χ4v) is 1.07. The molecular weight excluding hydrogens is 148 g/mol. The molecule has 1 rings (SSSR count). The van der Waals surface area contributed by atoms with Crippen LogP contribution in [0.3, 0.4) is 0 Å². The van der Waals surface area contributed by atoms with Gasteiger partial charge in [-0.15, -0.1) is 0 Å². The van der Waals surface area contributed by atoms with Gasteiger partial charge in [-0.25, -0.2) is 4.79 Å². The minimum absolute atomic E-state index is 0.0492. The summed E-state index contributed by atoms with van der Waals surface area (Å²) in [5.74, 6) is -0.564. The first-order chi connectivity index (χ1) is 5.15. The lowest BCUT2D eigenvalue weighted by Gasteiger charge is -2.08. The molecule has 1 saturated heterocycles. The Labute approximate surface area is 63.5 Å². The molecular formula is C6H8N2O3. The topological polar surface area (TPSA) is 84.6 Å². The summed E-state index contributed by atoms with van der Waals surface area (Å²) >= 11 is 0. The SMILES string of the molecule is N#C[C@H]1CN(C(=O)O)C[C@@H]1O. The van der Waals surface area contributed by atoms with Gasteiger partial charge in [0.05, 0.1) is 24.6 Å². The van der Waals surface area contributed by atoms with Crippen LogP contribution in [-0.4, -0.2) is 40.4 Å². The first-order valence-electron chi connectivity index (χ1n) is 3.20. The molecule has 0 unspecified atom stereocenters. The Morgan fingerprint density at radius 3 is 2.55 bits per heavy atom. The lowest BCUT2D eigenvalue weighted by atomic mass is 10.1. The number of hydrogen-bond acceptors (Lipinski definition) is 3. The van der Waals surface area contributed by atoms with Gasteiger partial charge in [-0.2, -0.15) is 5.26 Å². The van der Waals surface area contributed by atoms with Gasteiger partial charge >= 0.3 is 6.09 Å². The van der Waals surface area contributed by atoms with Gasteiger partial charge in [0.1, 0.15) is 0 Å². The Morgan fingerprint density at radius 1 is 1.64 bits per heavy atom. The molecule has 0 aromatic heterocycles. The zero-order valence-electron chi connectivity index (χ0n) is 5.77. The van der Waals surface area contributed by atoms with Crippen LogP contribution in [0.4, 0.5) is 4.79 Å². The normalized spacial score (nSPS) is 30.0. The Kier molecular flexibility index (Phi) is 1.96. The van der Waals surface area contributed by atoms with E-state index < -0.39 is 18.1 Å². The second-order valence-corrected chi connectivity index (χ2v) is 2.49. The number of likely N-dealkylation sites (tertiary alicyclic amines) is 1. The lowest BCUT2D eigenvalue weighted by molar-refractivity contribution is 0.137. The van der Waals surface area contributed by atoms with Crippen LogP contribution >= 0.6 is 0 Å². The minimum atomic E-state index is -1.08. The molecule has 2 atom stereocenters. The predicted octanol–water partition coefficient (Wildman–Crippen LogP) is -0.519. The van der Waals surface area contributed by atoms with Crippen LogP contribution in [0.5, 0.6) is 0 Å². The van der Waals surface area contributed by atoms with Crippen molar-refractivity contribution in [2.45, 2.75) is 6.10 Å². The summed E-state index contributed by atoms with van der Waals surface area (Å²) in [6.07, 6.45) is -1.90. The molecule has 0 aromatic rings. The van der Waals surface area contributed by atoms with Gasteiger partial charge in [-0.05, 0) is 0 Å². The average molecular weight is 156 g/mol. The molecule has 1 amide bonds. The Bertz CT molecular complexity index is 210. The maximum atomic E-state index is 10.3. The van der Waals surface area contributed by atoms with Gasteiger partial charge in [-0.1, -0.05) is 0 Å². The third kappa shape index (κ3) is 1.41. The number of carbonyl (C=O) groups is 1. The van der Waals surface area contributed by atoms with E-state index in [1.807, 2.05) is 6.07 Å². The largest absolute Gasteiger partial charge is 0.465 e. The maximum Gasteiger partial charge on any atom is 0.407 e. The standard InChI is InChI=1S/C6H8N2O3/c7-1-4-2-8(6(10)11)3-5(4)9/h4-5,9H,2-3H2,(H,10,11)/t4-,5-/m0/s1. The molecule has 0 aliphatic carbocycles. The fraction of sp³-hybridized carbons (Fsp3) is 0.667. The van der Waals surface area contributed by atoms with Crippen LogP contribution in [0.2, 0.25) is 0 Å². The molecule has 1 aliphatic rings. The first kappa shape index (κ1) is 7.82. The van der Waals surface area contributed by atoms with E-state index in [0.29, 0.717) is 0 Å². The lowest BCUT2D eigenvalue weighted by Crippen LogP contribution is -2.27. The number of aliphatic hydroxyl groups excluding tert-OH is 1. The molecule has 0 bridgehead atoms. The monoisotopic (exact) mass is 156 g/mol. The molecule has 60 valence electrons. The summed E-state index contributed by atoms with van der Waals surface area (Å²) in [4.78, 5) is 11.4. The number of nitriles is 1. The van der Waals surface area contributed by atoms with Crippen LogP contribution in [0.15, 0.2) is 0 Å². The van der Waals surface area contributed by atoms with Crippen LogP contribution in [0, 0.1) is 17.2 Å².